The molecule has 0 radical (unpaired) electrons. The van der Waals surface area contributed by atoms with Crippen molar-refractivity contribution < 1.29 is 9.53 Å². The molecule has 0 aliphatic rings. The van der Waals surface area contributed by atoms with Gasteiger partial charge < -0.3 is 4.74 Å². The van der Waals surface area contributed by atoms with E-state index < -0.39 is 0 Å². The van der Waals surface area contributed by atoms with Gasteiger partial charge in [-0.1, -0.05) is 0 Å². The molecule has 0 unspecified atom stereocenters. The standard InChI is InChI=1S/C10H8O2S2/c1-12-8-3-10-7(2-6(8)4-11)9(13)5-14-10/h2-5,13H,1H3. The Morgan fingerprint density at radius 3 is 2.93 bits per heavy atom. The second-order valence-electron chi connectivity index (χ2n) is 2.83. The van der Waals surface area contributed by atoms with Crippen molar-refractivity contribution in [2.45, 2.75) is 4.90 Å². The number of thiophene rings is 1. The minimum atomic E-state index is 0.564. The fourth-order valence-electron chi connectivity index (χ4n) is 1.33. The quantitative estimate of drug-likeness (QED) is 0.627. The van der Waals surface area contributed by atoms with Crippen molar-refractivity contribution in [2.24, 2.45) is 0 Å². The molecule has 1 aromatic heterocycles. The number of ether oxygens (including phenoxy) is 1. The van der Waals surface area contributed by atoms with E-state index in [9.17, 15) is 4.79 Å². The van der Waals surface area contributed by atoms with Crippen LogP contribution in [-0.4, -0.2) is 13.4 Å². The fraction of sp³-hybridized carbons (Fsp3) is 0.100. The van der Waals surface area contributed by atoms with Gasteiger partial charge in [0.25, 0.3) is 0 Å². The minimum absolute atomic E-state index is 0.564. The number of carbonyl (C=O) groups excluding carboxylic acids is 1. The zero-order valence-corrected chi connectivity index (χ0v) is 9.19. The van der Waals surface area contributed by atoms with E-state index in [1.807, 2.05) is 11.4 Å². The van der Waals surface area contributed by atoms with E-state index in [1.54, 1.807) is 24.5 Å². The van der Waals surface area contributed by atoms with Gasteiger partial charge in [-0.3, -0.25) is 4.79 Å². The summed E-state index contributed by atoms with van der Waals surface area (Å²) in [6, 6.07) is 3.67. The van der Waals surface area contributed by atoms with Gasteiger partial charge in [0.15, 0.2) is 6.29 Å². The van der Waals surface area contributed by atoms with Crippen LogP contribution in [0.1, 0.15) is 10.4 Å². The highest BCUT2D eigenvalue weighted by Crippen LogP contribution is 2.33. The Kier molecular flexibility index (Phi) is 2.48. The van der Waals surface area contributed by atoms with Crippen LogP contribution in [0.15, 0.2) is 22.4 Å². The molecule has 1 heterocycles. The van der Waals surface area contributed by atoms with Crippen LogP contribution in [0.2, 0.25) is 0 Å². The average Bonchev–Trinajstić information content (AvgIpc) is 2.58. The van der Waals surface area contributed by atoms with Gasteiger partial charge in [0.05, 0.1) is 12.7 Å². The summed E-state index contributed by atoms with van der Waals surface area (Å²) in [6.07, 6.45) is 0.795. The fourth-order valence-corrected chi connectivity index (χ4v) is 2.58. The number of thiol groups is 1. The summed E-state index contributed by atoms with van der Waals surface area (Å²) >= 11 is 5.90. The second-order valence-corrected chi connectivity index (χ2v) is 4.22. The largest absolute Gasteiger partial charge is 0.496 e. The molecular weight excluding hydrogens is 216 g/mol. The summed E-state index contributed by atoms with van der Waals surface area (Å²) in [7, 11) is 1.56. The smallest absolute Gasteiger partial charge is 0.153 e. The molecule has 0 fully saturated rings. The van der Waals surface area contributed by atoms with E-state index in [-0.39, 0.29) is 0 Å². The van der Waals surface area contributed by atoms with Gasteiger partial charge in [-0.15, -0.1) is 24.0 Å². The number of rotatable bonds is 2. The molecule has 0 N–H and O–H groups in total. The van der Waals surface area contributed by atoms with Crippen molar-refractivity contribution >= 4 is 40.3 Å². The summed E-state index contributed by atoms with van der Waals surface area (Å²) in [4.78, 5) is 11.7. The molecule has 0 aliphatic heterocycles. The maximum atomic E-state index is 10.8. The van der Waals surface area contributed by atoms with Crippen LogP contribution in [0.5, 0.6) is 5.75 Å². The third-order valence-corrected chi connectivity index (χ3v) is 3.52. The lowest BCUT2D eigenvalue weighted by atomic mass is 10.1. The highest BCUT2D eigenvalue weighted by atomic mass is 32.1. The van der Waals surface area contributed by atoms with E-state index in [2.05, 4.69) is 12.6 Å². The summed E-state index contributed by atoms with van der Waals surface area (Å²) in [5, 5.41) is 2.95. The molecule has 4 heteroatoms. The summed E-state index contributed by atoms with van der Waals surface area (Å²) in [5.41, 5.74) is 0.564. The zero-order valence-electron chi connectivity index (χ0n) is 7.48. The lowest BCUT2D eigenvalue weighted by Crippen LogP contribution is -1.89. The van der Waals surface area contributed by atoms with E-state index in [0.29, 0.717) is 11.3 Å². The zero-order chi connectivity index (χ0) is 10.1. The van der Waals surface area contributed by atoms with E-state index in [1.165, 1.54) is 0 Å². The van der Waals surface area contributed by atoms with Crippen molar-refractivity contribution in [2.75, 3.05) is 7.11 Å². The topological polar surface area (TPSA) is 26.3 Å². The number of aldehydes is 1. The van der Waals surface area contributed by atoms with Crippen molar-refractivity contribution in [3.05, 3.63) is 23.1 Å². The third kappa shape index (κ3) is 1.40. The van der Waals surface area contributed by atoms with Crippen LogP contribution in [0.4, 0.5) is 0 Å². The first-order chi connectivity index (χ1) is 6.76. The highest BCUT2D eigenvalue weighted by Gasteiger charge is 2.07. The van der Waals surface area contributed by atoms with Gasteiger partial charge in [0, 0.05) is 20.4 Å². The predicted octanol–water partition coefficient (Wildman–Crippen LogP) is 3.01. The Bertz CT molecular complexity index is 488. The summed E-state index contributed by atoms with van der Waals surface area (Å²) < 4.78 is 6.19. The number of benzene rings is 1. The maximum Gasteiger partial charge on any atom is 0.153 e. The van der Waals surface area contributed by atoms with Gasteiger partial charge in [0.2, 0.25) is 0 Å². The molecule has 2 nitrogen and oxygen atoms in total. The van der Waals surface area contributed by atoms with Crippen molar-refractivity contribution in [3.8, 4) is 5.75 Å². The molecule has 1 aromatic carbocycles. The van der Waals surface area contributed by atoms with Crippen molar-refractivity contribution in [1.82, 2.24) is 0 Å². The SMILES string of the molecule is COc1cc2scc(S)c2cc1C=O. The third-order valence-electron chi connectivity index (χ3n) is 2.03. The van der Waals surface area contributed by atoms with Gasteiger partial charge in [-0.25, -0.2) is 0 Å². The van der Waals surface area contributed by atoms with E-state index >= 15 is 0 Å². The molecule has 0 amide bonds. The Labute approximate surface area is 90.9 Å². The number of hydrogen-bond acceptors (Lipinski definition) is 4. The normalized spacial score (nSPS) is 10.4. The van der Waals surface area contributed by atoms with Crippen LogP contribution in [-0.2, 0) is 0 Å². The summed E-state index contributed by atoms with van der Waals surface area (Å²) in [6.45, 7) is 0. The molecule has 14 heavy (non-hydrogen) atoms. The van der Waals surface area contributed by atoms with Crippen LogP contribution in [0.3, 0.4) is 0 Å². The molecule has 72 valence electrons. The van der Waals surface area contributed by atoms with Gasteiger partial charge in [-0.05, 0) is 12.1 Å². The first kappa shape index (κ1) is 9.55. The molecule has 0 saturated carbocycles. The molecule has 0 saturated heterocycles. The van der Waals surface area contributed by atoms with Gasteiger partial charge >= 0.3 is 0 Å². The molecular formula is C10H8O2S2. The maximum absolute atomic E-state index is 10.8. The van der Waals surface area contributed by atoms with Crippen LogP contribution < -0.4 is 4.74 Å². The Balaban J connectivity index is 2.77. The lowest BCUT2D eigenvalue weighted by molar-refractivity contribution is 0.112. The van der Waals surface area contributed by atoms with Crippen molar-refractivity contribution in [3.63, 3.8) is 0 Å². The lowest BCUT2D eigenvalue weighted by Gasteiger charge is -2.03. The number of carbonyl (C=O) groups is 1. The average molecular weight is 224 g/mol. The van der Waals surface area contributed by atoms with Crippen molar-refractivity contribution in [1.29, 1.82) is 0 Å². The Morgan fingerprint density at radius 1 is 1.50 bits per heavy atom. The molecule has 2 rings (SSSR count). The first-order valence-corrected chi connectivity index (χ1v) is 5.32. The first-order valence-electron chi connectivity index (χ1n) is 3.99. The van der Waals surface area contributed by atoms with Gasteiger partial charge in [0.1, 0.15) is 5.75 Å². The van der Waals surface area contributed by atoms with Gasteiger partial charge in [-0.2, -0.15) is 0 Å². The molecule has 0 atom stereocenters. The van der Waals surface area contributed by atoms with Crippen LogP contribution in [0.25, 0.3) is 10.1 Å². The van der Waals surface area contributed by atoms with E-state index in [4.69, 9.17) is 4.74 Å². The van der Waals surface area contributed by atoms with E-state index in [0.717, 1.165) is 21.3 Å². The summed E-state index contributed by atoms with van der Waals surface area (Å²) in [5.74, 6) is 0.614. The predicted molar refractivity (Wildman–Crippen MR) is 61.0 cm³/mol. The number of fused-ring (bicyclic) bond motifs is 1. The Hall–Kier alpha value is -1.00. The Morgan fingerprint density at radius 2 is 2.29 bits per heavy atom. The molecule has 0 bridgehead atoms. The number of methoxy groups -OCH3 is 1. The van der Waals surface area contributed by atoms with Crippen LogP contribution >= 0.6 is 24.0 Å². The molecule has 0 spiro atoms. The van der Waals surface area contributed by atoms with Crippen LogP contribution in [0, 0.1) is 0 Å². The molecule has 2 aromatic rings. The highest BCUT2D eigenvalue weighted by molar-refractivity contribution is 7.80. The minimum Gasteiger partial charge on any atom is -0.496 e. The molecule has 0 aliphatic carbocycles. The number of hydrogen-bond donors (Lipinski definition) is 1. The monoisotopic (exact) mass is 224 g/mol. The second kappa shape index (κ2) is 3.63.